The number of carboxylic acid groups (broad SMARTS) is 1. The van der Waals surface area contributed by atoms with Crippen LogP contribution in [0.2, 0.25) is 0 Å². The molecule has 0 radical (unpaired) electrons. The van der Waals surface area contributed by atoms with Crippen molar-refractivity contribution in [2.75, 3.05) is 5.73 Å². The second kappa shape index (κ2) is 3.70. The maximum atomic E-state index is 11.0. The summed E-state index contributed by atoms with van der Waals surface area (Å²) in [5.41, 5.74) is 6.05. The van der Waals surface area contributed by atoms with Gasteiger partial charge in [-0.15, -0.1) is 11.3 Å². The fraction of sp³-hybridized carbons (Fsp3) is 0. The van der Waals surface area contributed by atoms with Crippen LogP contribution >= 0.6 is 11.3 Å². The van der Waals surface area contributed by atoms with Crippen LogP contribution in [0.5, 0.6) is 0 Å². The molecule has 0 spiro atoms. The number of anilines is 1. The van der Waals surface area contributed by atoms with Crippen LogP contribution in [-0.2, 0) is 0 Å². The normalized spacial score (nSPS) is 10.1. The second-order valence-electron chi connectivity index (χ2n) is 2.91. The van der Waals surface area contributed by atoms with E-state index in [2.05, 4.69) is 4.98 Å². The number of aromatic carboxylic acids is 1. The summed E-state index contributed by atoms with van der Waals surface area (Å²) in [6.07, 6.45) is 0. The number of carboxylic acids is 1. The van der Waals surface area contributed by atoms with Crippen molar-refractivity contribution in [1.82, 2.24) is 4.98 Å². The standard InChI is InChI=1S/C10H8N2O2S/c11-8-4-3-6(7-2-1-5-15-7)9(12-8)10(13)14/h1-5H,(H2,11,12)(H,13,14). The maximum Gasteiger partial charge on any atom is 0.355 e. The Labute approximate surface area is 90.0 Å². The average Bonchev–Trinajstić information content (AvgIpc) is 2.70. The van der Waals surface area contributed by atoms with E-state index >= 15 is 0 Å². The third-order valence-electron chi connectivity index (χ3n) is 1.91. The van der Waals surface area contributed by atoms with Gasteiger partial charge in [0.15, 0.2) is 5.69 Å². The molecule has 0 saturated carbocycles. The van der Waals surface area contributed by atoms with E-state index < -0.39 is 5.97 Å². The van der Waals surface area contributed by atoms with Crippen LogP contribution in [0.15, 0.2) is 29.6 Å². The van der Waals surface area contributed by atoms with Gasteiger partial charge < -0.3 is 10.8 Å². The molecule has 2 aromatic rings. The van der Waals surface area contributed by atoms with E-state index in [1.54, 1.807) is 12.1 Å². The molecule has 0 saturated heterocycles. The SMILES string of the molecule is Nc1ccc(-c2cccs2)c(C(=O)O)n1. The van der Waals surface area contributed by atoms with Gasteiger partial charge in [0.05, 0.1) is 0 Å². The number of thiophene rings is 1. The molecule has 2 heterocycles. The van der Waals surface area contributed by atoms with Crippen molar-refractivity contribution in [3.63, 3.8) is 0 Å². The monoisotopic (exact) mass is 220 g/mol. The van der Waals surface area contributed by atoms with Gasteiger partial charge in [-0.05, 0) is 23.6 Å². The molecule has 5 heteroatoms. The Morgan fingerprint density at radius 2 is 2.20 bits per heavy atom. The number of nitrogens with zero attached hydrogens (tertiary/aromatic N) is 1. The number of nitrogen functional groups attached to an aromatic ring is 1. The lowest BCUT2D eigenvalue weighted by atomic mass is 10.1. The van der Waals surface area contributed by atoms with E-state index in [0.717, 1.165) is 4.88 Å². The van der Waals surface area contributed by atoms with E-state index in [4.69, 9.17) is 10.8 Å². The number of hydrogen-bond donors (Lipinski definition) is 2. The summed E-state index contributed by atoms with van der Waals surface area (Å²) < 4.78 is 0. The lowest BCUT2D eigenvalue weighted by molar-refractivity contribution is 0.0691. The highest BCUT2D eigenvalue weighted by atomic mass is 32.1. The van der Waals surface area contributed by atoms with Gasteiger partial charge >= 0.3 is 5.97 Å². The first-order valence-electron chi connectivity index (χ1n) is 4.22. The van der Waals surface area contributed by atoms with Crippen molar-refractivity contribution in [2.24, 2.45) is 0 Å². The number of rotatable bonds is 2. The van der Waals surface area contributed by atoms with Crippen LogP contribution in [0.25, 0.3) is 10.4 Å². The third kappa shape index (κ3) is 1.82. The highest BCUT2D eigenvalue weighted by Crippen LogP contribution is 2.27. The Morgan fingerprint density at radius 1 is 1.40 bits per heavy atom. The number of hydrogen-bond acceptors (Lipinski definition) is 4. The van der Waals surface area contributed by atoms with Crippen LogP contribution in [0.4, 0.5) is 5.82 Å². The van der Waals surface area contributed by atoms with E-state index in [1.165, 1.54) is 11.3 Å². The van der Waals surface area contributed by atoms with Gasteiger partial charge in [0, 0.05) is 10.4 Å². The molecular weight excluding hydrogens is 212 g/mol. The average molecular weight is 220 g/mol. The first kappa shape index (κ1) is 9.67. The lowest BCUT2D eigenvalue weighted by Gasteiger charge is -2.03. The molecule has 0 atom stereocenters. The quantitative estimate of drug-likeness (QED) is 0.812. The second-order valence-corrected chi connectivity index (χ2v) is 3.86. The predicted molar refractivity (Wildman–Crippen MR) is 58.9 cm³/mol. The van der Waals surface area contributed by atoms with Crippen LogP contribution in [-0.4, -0.2) is 16.1 Å². The van der Waals surface area contributed by atoms with Crippen molar-refractivity contribution >= 4 is 23.1 Å². The van der Waals surface area contributed by atoms with Gasteiger partial charge in [-0.1, -0.05) is 6.07 Å². The Morgan fingerprint density at radius 3 is 2.80 bits per heavy atom. The highest BCUT2D eigenvalue weighted by Gasteiger charge is 2.14. The number of aromatic nitrogens is 1. The van der Waals surface area contributed by atoms with Gasteiger partial charge in [-0.2, -0.15) is 0 Å². The van der Waals surface area contributed by atoms with Crippen molar-refractivity contribution in [2.45, 2.75) is 0 Å². The zero-order valence-electron chi connectivity index (χ0n) is 7.68. The van der Waals surface area contributed by atoms with Gasteiger partial charge in [0.25, 0.3) is 0 Å². The molecule has 3 N–H and O–H groups in total. The van der Waals surface area contributed by atoms with E-state index in [9.17, 15) is 4.79 Å². The zero-order chi connectivity index (χ0) is 10.8. The molecule has 76 valence electrons. The van der Waals surface area contributed by atoms with Gasteiger partial charge in [0.2, 0.25) is 0 Å². The minimum absolute atomic E-state index is 0.00236. The van der Waals surface area contributed by atoms with Crippen molar-refractivity contribution in [3.8, 4) is 10.4 Å². The molecule has 0 fully saturated rings. The maximum absolute atomic E-state index is 11.0. The Bertz CT molecular complexity index is 494. The molecule has 0 amide bonds. The summed E-state index contributed by atoms with van der Waals surface area (Å²) in [7, 11) is 0. The summed E-state index contributed by atoms with van der Waals surface area (Å²) in [6.45, 7) is 0. The number of pyridine rings is 1. The van der Waals surface area contributed by atoms with Crippen molar-refractivity contribution in [3.05, 3.63) is 35.3 Å². The number of nitrogens with two attached hydrogens (primary N) is 1. The Kier molecular flexibility index (Phi) is 2.39. The predicted octanol–water partition coefficient (Wildman–Crippen LogP) is 2.09. The molecular formula is C10H8N2O2S. The summed E-state index contributed by atoms with van der Waals surface area (Å²) >= 11 is 1.47. The van der Waals surface area contributed by atoms with Gasteiger partial charge in [-0.3, -0.25) is 0 Å². The Hall–Kier alpha value is -1.88. The summed E-state index contributed by atoms with van der Waals surface area (Å²) in [5.74, 6) is -0.849. The third-order valence-corrected chi connectivity index (χ3v) is 2.81. The fourth-order valence-electron chi connectivity index (χ4n) is 1.27. The van der Waals surface area contributed by atoms with E-state index in [1.807, 2.05) is 17.5 Å². The molecule has 4 nitrogen and oxygen atoms in total. The number of carbonyl (C=O) groups is 1. The molecule has 0 unspecified atom stereocenters. The van der Waals surface area contributed by atoms with Crippen LogP contribution < -0.4 is 5.73 Å². The zero-order valence-corrected chi connectivity index (χ0v) is 8.49. The van der Waals surface area contributed by atoms with E-state index in [0.29, 0.717) is 5.56 Å². The lowest BCUT2D eigenvalue weighted by Crippen LogP contribution is -2.04. The summed E-state index contributed by atoms with van der Waals surface area (Å²) in [4.78, 5) is 15.6. The Balaban J connectivity index is 2.61. The topological polar surface area (TPSA) is 76.2 Å². The first-order valence-corrected chi connectivity index (χ1v) is 5.10. The molecule has 0 aliphatic heterocycles. The van der Waals surface area contributed by atoms with Gasteiger partial charge in [-0.25, -0.2) is 9.78 Å². The van der Waals surface area contributed by atoms with Crippen LogP contribution in [0, 0.1) is 0 Å². The molecule has 2 aromatic heterocycles. The van der Waals surface area contributed by atoms with E-state index in [-0.39, 0.29) is 11.5 Å². The van der Waals surface area contributed by atoms with Crippen molar-refractivity contribution < 1.29 is 9.90 Å². The minimum Gasteiger partial charge on any atom is -0.476 e. The fourth-order valence-corrected chi connectivity index (χ4v) is 2.02. The molecule has 0 bridgehead atoms. The highest BCUT2D eigenvalue weighted by molar-refractivity contribution is 7.13. The first-order chi connectivity index (χ1) is 7.18. The molecule has 15 heavy (non-hydrogen) atoms. The summed E-state index contributed by atoms with van der Waals surface area (Å²) in [5, 5.41) is 10.9. The minimum atomic E-state index is -1.06. The summed E-state index contributed by atoms with van der Waals surface area (Å²) in [6, 6.07) is 6.99. The molecule has 0 aromatic carbocycles. The molecule has 0 aliphatic rings. The largest absolute Gasteiger partial charge is 0.476 e. The molecule has 0 aliphatic carbocycles. The van der Waals surface area contributed by atoms with Crippen LogP contribution in [0.1, 0.15) is 10.5 Å². The van der Waals surface area contributed by atoms with Gasteiger partial charge in [0.1, 0.15) is 5.82 Å². The van der Waals surface area contributed by atoms with Crippen molar-refractivity contribution in [1.29, 1.82) is 0 Å². The van der Waals surface area contributed by atoms with Crippen LogP contribution in [0.3, 0.4) is 0 Å². The molecule has 2 rings (SSSR count). The smallest absolute Gasteiger partial charge is 0.355 e.